The Kier molecular flexibility index (Phi) is 17.4. The van der Waals surface area contributed by atoms with E-state index in [9.17, 15) is 68.7 Å². The topological polar surface area (TPSA) is 378 Å². The van der Waals surface area contributed by atoms with E-state index in [-0.39, 0.29) is 46.8 Å². The first-order chi connectivity index (χ1) is 33.5. The molecule has 2 aromatic carbocycles. The van der Waals surface area contributed by atoms with Crippen molar-refractivity contribution < 1.29 is 87.6 Å². The smallest absolute Gasteiger partial charge is 0.408 e. The van der Waals surface area contributed by atoms with Crippen LogP contribution < -0.4 is 37.1 Å². The molecule has 5 rings (SSSR count). The Bertz CT molecular complexity index is 2510. The van der Waals surface area contributed by atoms with Crippen LogP contribution >= 0.6 is 0 Å². The number of fused-ring (bicyclic) bond motifs is 3. The number of primary amides is 1. The molecular weight excluding hydrogens is 949 g/mol. The molecule has 0 radical (unpaired) electrons. The molecule has 0 aromatic heterocycles. The number of hydrogen-bond acceptors (Lipinski definition) is 18. The molecular formula is C48H64N6O18. The second kappa shape index (κ2) is 22.4. The Morgan fingerprint density at radius 2 is 1.47 bits per heavy atom. The first kappa shape index (κ1) is 56.2. The lowest BCUT2D eigenvalue weighted by Crippen LogP contribution is -2.61. The number of nitrogens with one attached hydrogen (secondary N) is 5. The first-order valence-corrected chi connectivity index (χ1v) is 23.2. The Morgan fingerprint density at radius 1 is 0.861 bits per heavy atom. The zero-order valence-corrected chi connectivity index (χ0v) is 41.4. The number of hydrogen-bond donors (Lipinski definition) is 11. The average Bonchev–Trinajstić information content (AvgIpc) is 3.28. The first-order valence-electron chi connectivity index (χ1n) is 23.2. The summed E-state index contributed by atoms with van der Waals surface area (Å²) >= 11 is 0. The highest BCUT2D eigenvalue weighted by Gasteiger charge is 2.50. The summed E-state index contributed by atoms with van der Waals surface area (Å²) in [6.07, 6.45) is -9.01. The SMILES string of the molecule is COc1cccc2c1C(=O)c1c(O)c3c(c(O)c1C2=O)C[C@@](O)(C(=O)CO)C[C@@H]3O[C@H]1C[C@H](NC(=O)[C@H](CC(C)C)NC(=O)[C@H](CC(N)=O)NC(=O)[C@H](C)NC(=O)[C@H](C)NC(=O)OC(C)(C)C)[C@H](O)[C@H](C)O1. The molecule has 1 fully saturated rings. The number of ketones is 3. The van der Waals surface area contributed by atoms with Gasteiger partial charge in [-0.25, -0.2) is 4.79 Å². The molecule has 2 aromatic rings. The Morgan fingerprint density at radius 3 is 2.07 bits per heavy atom. The number of rotatable bonds is 18. The fourth-order valence-electron chi connectivity index (χ4n) is 8.78. The van der Waals surface area contributed by atoms with Gasteiger partial charge in [0.25, 0.3) is 0 Å². The number of phenols is 2. The molecule has 24 heteroatoms. The van der Waals surface area contributed by atoms with Gasteiger partial charge in [0, 0.05) is 36.0 Å². The normalized spacial score (nSPS) is 23.2. The summed E-state index contributed by atoms with van der Waals surface area (Å²) in [7, 11) is 1.27. The van der Waals surface area contributed by atoms with E-state index in [0.717, 1.165) is 0 Å². The summed E-state index contributed by atoms with van der Waals surface area (Å²) in [6, 6.07) is -2.51. The van der Waals surface area contributed by atoms with Crippen LogP contribution in [0.2, 0.25) is 0 Å². The average molecular weight is 1010 g/mol. The molecule has 72 heavy (non-hydrogen) atoms. The minimum Gasteiger partial charge on any atom is -0.507 e. The van der Waals surface area contributed by atoms with Crippen molar-refractivity contribution in [1.29, 1.82) is 0 Å². The number of carbonyl (C=O) groups is 9. The molecule has 1 aliphatic heterocycles. The lowest BCUT2D eigenvalue weighted by Gasteiger charge is -2.43. The maximum atomic E-state index is 14.1. The zero-order chi connectivity index (χ0) is 53.9. The van der Waals surface area contributed by atoms with Gasteiger partial charge in [0.15, 0.2) is 17.9 Å². The van der Waals surface area contributed by atoms with Crippen LogP contribution in [0.15, 0.2) is 18.2 Å². The highest BCUT2D eigenvalue weighted by atomic mass is 16.7. The zero-order valence-electron chi connectivity index (χ0n) is 41.4. The molecule has 0 bridgehead atoms. The molecule has 6 amide bonds. The van der Waals surface area contributed by atoms with Crippen molar-refractivity contribution in [2.24, 2.45) is 11.7 Å². The molecule has 1 heterocycles. The predicted octanol–water partition coefficient (Wildman–Crippen LogP) is -0.532. The van der Waals surface area contributed by atoms with Gasteiger partial charge < -0.3 is 76.8 Å². The Labute approximate surface area is 414 Å². The molecule has 1 saturated heterocycles. The number of nitrogens with two attached hydrogens (primary N) is 1. The summed E-state index contributed by atoms with van der Waals surface area (Å²) in [6.45, 7) is 11.2. The van der Waals surface area contributed by atoms with E-state index >= 15 is 0 Å². The van der Waals surface area contributed by atoms with Crippen molar-refractivity contribution >= 4 is 53.0 Å². The van der Waals surface area contributed by atoms with Gasteiger partial charge in [-0.1, -0.05) is 26.0 Å². The highest BCUT2D eigenvalue weighted by molar-refractivity contribution is 6.31. The van der Waals surface area contributed by atoms with Crippen LogP contribution in [0.3, 0.4) is 0 Å². The molecule has 3 aliphatic rings. The number of phenolic OH excluding ortho intramolecular Hbond substituents is 2. The summed E-state index contributed by atoms with van der Waals surface area (Å²) in [4.78, 5) is 119. The number of aliphatic hydroxyl groups is 3. The third-order valence-electron chi connectivity index (χ3n) is 12.3. The van der Waals surface area contributed by atoms with E-state index in [1.807, 2.05) is 0 Å². The van der Waals surface area contributed by atoms with Gasteiger partial charge in [0.05, 0.1) is 48.5 Å². The van der Waals surface area contributed by atoms with Gasteiger partial charge in [0.2, 0.25) is 35.3 Å². The fraction of sp³-hybridized carbons (Fsp3) is 0.562. The number of carbonyl (C=O) groups excluding carboxylic acids is 9. The van der Waals surface area contributed by atoms with Crippen LogP contribution in [0.5, 0.6) is 17.2 Å². The molecule has 12 N–H and O–H groups in total. The maximum absolute atomic E-state index is 14.1. The third-order valence-corrected chi connectivity index (χ3v) is 12.3. The van der Waals surface area contributed by atoms with Gasteiger partial charge in [-0.15, -0.1) is 0 Å². The van der Waals surface area contributed by atoms with Crippen molar-refractivity contribution in [3.63, 3.8) is 0 Å². The maximum Gasteiger partial charge on any atom is 0.408 e. The highest BCUT2D eigenvalue weighted by Crippen LogP contribution is 2.52. The van der Waals surface area contributed by atoms with Crippen LogP contribution in [0.25, 0.3) is 0 Å². The molecule has 394 valence electrons. The minimum absolute atomic E-state index is 0.00260. The van der Waals surface area contributed by atoms with E-state index < -0.39 is 167 Å². The molecule has 0 unspecified atom stereocenters. The molecule has 0 spiro atoms. The second-order valence-electron chi connectivity index (χ2n) is 19.6. The Hall–Kier alpha value is -6.73. The third kappa shape index (κ3) is 12.5. The van der Waals surface area contributed by atoms with Crippen LogP contribution in [0.1, 0.15) is 130 Å². The van der Waals surface area contributed by atoms with E-state index in [4.69, 9.17) is 24.7 Å². The quantitative estimate of drug-likeness (QED) is 0.0713. The lowest BCUT2D eigenvalue weighted by molar-refractivity contribution is -0.249. The van der Waals surface area contributed by atoms with Crippen LogP contribution in [-0.4, -0.2) is 152 Å². The van der Waals surface area contributed by atoms with Crippen LogP contribution in [-0.2, 0) is 49.4 Å². The number of benzene rings is 2. The number of aliphatic hydroxyl groups excluding tert-OH is 2. The minimum atomic E-state index is -2.46. The van der Waals surface area contributed by atoms with Gasteiger partial charge in [-0.05, 0) is 59.9 Å². The van der Waals surface area contributed by atoms with E-state index in [2.05, 4.69) is 26.6 Å². The predicted molar refractivity (Wildman–Crippen MR) is 249 cm³/mol. The van der Waals surface area contributed by atoms with Gasteiger partial charge >= 0.3 is 6.09 Å². The second-order valence-corrected chi connectivity index (χ2v) is 19.6. The van der Waals surface area contributed by atoms with E-state index in [0.29, 0.717) is 0 Å². The number of methoxy groups -OCH3 is 1. The van der Waals surface area contributed by atoms with Gasteiger partial charge in [-0.3, -0.25) is 38.4 Å². The summed E-state index contributed by atoms with van der Waals surface area (Å²) in [5, 5.41) is 68.8. The number of ether oxygens (including phenoxy) is 4. The summed E-state index contributed by atoms with van der Waals surface area (Å²) in [5.41, 5.74) is -0.0615. The number of Topliss-reactive ketones (excluding diaryl/α,β-unsaturated/α-hetero) is 1. The van der Waals surface area contributed by atoms with Crippen molar-refractivity contribution in [2.45, 2.75) is 154 Å². The van der Waals surface area contributed by atoms with Crippen LogP contribution in [0.4, 0.5) is 4.79 Å². The Balaban J connectivity index is 1.36. The molecule has 0 saturated carbocycles. The number of aromatic hydroxyl groups is 2. The molecule has 10 atom stereocenters. The fourth-order valence-corrected chi connectivity index (χ4v) is 8.78. The van der Waals surface area contributed by atoms with Crippen molar-refractivity contribution in [1.82, 2.24) is 26.6 Å². The number of amides is 6. The summed E-state index contributed by atoms with van der Waals surface area (Å²) in [5.74, 6) is -9.36. The molecule has 2 aliphatic carbocycles. The van der Waals surface area contributed by atoms with Crippen molar-refractivity contribution in [3.8, 4) is 17.2 Å². The number of alkyl carbamates (subject to hydrolysis) is 1. The van der Waals surface area contributed by atoms with E-state index in [1.54, 1.807) is 34.6 Å². The van der Waals surface area contributed by atoms with Crippen molar-refractivity contribution in [2.75, 3.05) is 13.7 Å². The van der Waals surface area contributed by atoms with Crippen LogP contribution in [0, 0.1) is 5.92 Å². The molecule has 24 nitrogen and oxygen atoms in total. The van der Waals surface area contributed by atoms with Crippen molar-refractivity contribution in [3.05, 3.63) is 51.6 Å². The van der Waals surface area contributed by atoms with Gasteiger partial charge in [0.1, 0.15) is 65.3 Å². The lowest BCUT2D eigenvalue weighted by atomic mass is 9.72. The monoisotopic (exact) mass is 1010 g/mol. The standard InChI is InChI=1S/C48H64N6O18/c1-19(2)13-26(54-45(66)27(14-31(49)57)53-43(64)20(3)50-42(63)21(4)51-46(67)72-47(6,7)8)44(65)52-25-15-32(70-22(5)37(25)58)71-29-17-48(68,30(56)18-55)16-24-34(29)41(62)36-35(39(24)60)38(59)23-11-10-12-28(69-9)33(23)40(36)61/h10-12,19-22,25-27,29,32,37,55,58,60,62,68H,13-18H2,1-9H3,(H2,49,57)(H,50,63)(H,51,67)(H,52,65)(H,53,64)(H,54,66)/t20-,21-,22-,25-,26-,27-,29-,32-,37+,48-/m0/s1. The summed E-state index contributed by atoms with van der Waals surface area (Å²) < 4.78 is 22.7. The van der Waals surface area contributed by atoms with Gasteiger partial charge in [-0.2, -0.15) is 0 Å². The largest absolute Gasteiger partial charge is 0.507 e. The van der Waals surface area contributed by atoms with E-state index in [1.165, 1.54) is 46.1 Å².